The Morgan fingerprint density at radius 3 is 2.76 bits per heavy atom. The zero-order valence-corrected chi connectivity index (χ0v) is 12.1. The lowest BCUT2D eigenvalue weighted by molar-refractivity contribution is 0.431. The van der Waals surface area contributed by atoms with Gasteiger partial charge in [0.15, 0.2) is 0 Å². The topological polar surface area (TPSA) is 52.0 Å². The summed E-state index contributed by atoms with van der Waals surface area (Å²) in [4.78, 5) is 4.32. The lowest BCUT2D eigenvalue weighted by atomic mass is 10.2. The van der Waals surface area contributed by atoms with Crippen molar-refractivity contribution in [3.8, 4) is 0 Å². The van der Waals surface area contributed by atoms with Gasteiger partial charge in [-0.1, -0.05) is 33.8 Å². The van der Waals surface area contributed by atoms with E-state index in [1.54, 1.807) is 11.8 Å². The summed E-state index contributed by atoms with van der Waals surface area (Å²) >= 11 is 5.05. The van der Waals surface area contributed by atoms with Crippen LogP contribution in [0.4, 0.5) is 5.69 Å². The molecule has 0 unspecified atom stereocenters. The van der Waals surface area contributed by atoms with Crippen LogP contribution in [0.2, 0.25) is 0 Å². The van der Waals surface area contributed by atoms with E-state index in [1.807, 2.05) is 32.0 Å². The van der Waals surface area contributed by atoms with Gasteiger partial charge in [-0.2, -0.15) is 0 Å². The molecule has 2 aromatic rings. The number of benzene rings is 1. The van der Waals surface area contributed by atoms with Crippen molar-refractivity contribution in [1.29, 1.82) is 0 Å². The molecule has 0 aliphatic rings. The molecule has 0 spiro atoms. The molecule has 2 N–H and O–H groups in total. The number of hydrogen-bond acceptors (Lipinski definition) is 4. The molecule has 0 aliphatic carbocycles. The van der Waals surface area contributed by atoms with Crippen molar-refractivity contribution in [3.05, 3.63) is 39.7 Å². The maximum absolute atomic E-state index is 5.93. The Balaban J connectivity index is 2.12. The quantitative estimate of drug-likeness (QED) is 0.689. The third-order valence-electron chi connectivity index (χ3n) is 2.50. The first-order valence-electron chi connectivity index (χ1n) is 5.17. The Morgan fingerprint density at radius 2 is 2.18 bits per heavy atom. The summed E-state index contributed by atoms with van der Waals surface area (Å²) in [6, 6.07) is 5.80. The largest absolute Gasteiger partial charge is 0.437 e. The fourth-order valence-electron chi connectivity index (χ4n) is 1.37. The zero-order valence-electron chi connectivity index (χ0n) is 9.66. The third-order valence-corrected chi connectivity index (χ3v) is 4.10. The van der Waals surface area contributed by atoms with Gasteiger partial charge in [0.2, 0.25) is 0 Å². The van der Waals surface area contributed by atoms with E-state index in [0.717, 1.165) is 32.9 Å². The van der Waals surface area contributed by atoms with Crippen LogP contribution in [-0.2, 0) is 5.75 Å². The van der Waals surface area contributed by atoms with Crippen molar-refractivity contribution in [3.63, 3.8) is 0 Å². The fourth-order valence-corrected chi connectivity index (χ4v) is 3.05. The average molecular weight is 313 g/mol. The first-order chi connectivity index (χ1) is 8.08. The highest BCUT2D eigenvalue weighted by Gasteiger charge is 2.09. The SMILES string of the molecule is Cc1nc(SCc2c(N)cccc2Br)oc1C. The molecule has 0 amide bonds. The molecule has 0 atom stereocenters. The average Bonchev–Trinajstić information content (AvgIpc) is 2.58. The first kappa shape index (κ1) is 12.5. The molecule has 1 aromatic carbocycles. The van der Waals surface area contributed by atoms with Gasteiger partial charge in [0.25, 0.3) is 5.22 Å². The molecule has 1 aromatic heterocycles. The number of aromatic nitrogens is 1. The van der Waals surface area contributed by atoms with E-state index in [1.165, 1.54) is 0 Å². The molecule has 90 valence electrons. The number of hydrogen-bond donors (Lipinski definition) is 1. The highest BCUT2D eigenvalue weighted by atomic mass is 79.9. The van der Waals surface area contributed by atoms with Crippen molar-refractivity contribution < 1.29 is 4.42 Å². The minimum atomic E-state index is 0.690. The number of halogens is 1. The van der Waals surface area contributed by atoms with E-state index in [4.69, 9.17) is 10.2 Å². The maximum atomic E-state index is 5.93. The first-order valence-corrected chi connectivity index (χ1v) is 6.95. The Kier molecular flexibility index (Phi) is 3.79. The van der Waals surface area contributed by atoms with Crippen LogP contribution < -0.4 is 5.73 Å². The van der Waals surface area contributed by atoms with Gasteiger partial charge in [0, 0.05) is 15.9 Å². The van der Waals surface area contributed by atoms with Gasteiger partial charge in [-0.15, -0.1) is 0 Å². The molecule has 0 fully saturated rings. The number of anilines is 1. The van der Waals surface area contributed by atoms with E-state index in [-0.39, 0.29) is 0 Å². The van der Waals surface area contributed by atoms with Gasteiger partial charge >= 0.3 is 0 Å². The predicted molar refractivity (Wildman–Crippen MR) is 74.1 cm³/mol. The number of aryl methyl sites for hydroxylation is 2. The molecule has 17 heavy (non-hydrogen) atoms. The summed E-state index contributed by atoms with van der Waals surface area (Å²) in [7, 11) is 0. The second-order valence-corrected chi connectivity index (χ2v) is 5.50. The Labute approximate surface area is 113 Å². The molecule has 0 saturated carbocycles. The highest BCUT2D eigenvalue weighted by molar-refractivity contribution is 9.10. The monoisotopic (exact) mass is 312 g/mol. The molecule has 0 radical (unpaired) electrons. The summed E-state index contributed by atoms with van der Waals surface area (Å²) in [5, 5.41) is 0.690. The van der Waals surface area contributed by atoms with Crippen LogP contribution in [0.1, 0.15) is 17.0 Å². The van der Waals surface area contributed by atoms with Crippen LogP contribution in [0.15, 0.2) is 32.3 Å². The van der Waals surface area contributed by atoms with E-state index in [0.29, 0.717) is 5.22 Å². The number of rotatable bonds is 3. The van der Waals surface area contributed by atoms with Gasteiger partial charge in [0.1, 0.15) is 5.76 Å². The Bertz CT molecular complexity index is 500. The second-order valence-electron chi connectivity index (χ2n) is 3.72. The molecule has 5 heteroatoms. The lowest BCUT2D eigenvalue weighted by Gasteiger charge is -2.05. The Hall–Kier alpha value is -0.940. The maximum Gasteiger partial charge on any atom is 0.256 e. The summed E-state index contributed by atoms with van der Waals surface area (Å²) in [6.07, 6.45) is 0. The van der Waals surface area contributed by atoms with Crippen molar-refractivity contribution in [1.82, 2.24) is 4.98 Å². The van der Waals surface area contributed by atoms with Crippen LogP contribution in [-0.4, -0.2) is 4.98 Å². The van der Waals surface area contributed by atoms with Crippen molar-refractivity contribution in [2.45, 2.75) is 24.8 Å². The van der Waals surface area contributed by atoms with Crippen molar-refractivity contribution in [2.24, 2.45) is 0 Å². The highest BCUT2D eigenvalue weighted by Crippen LogP contribution is 2.30. The number of nitrogens with zero attached hydrogens (tertiary/aromatic N) is 1. The normalized spacial score (nSPS) is 10.8. The minimum absolute atomic E-state index is 0.690. The molecule has 0 bridgehead atoms. The van der Waals surface area contributed by atoms with Crippen molar-refractivity contribution in [2.75, 3.05) is 5.73 Å². The molecule has 0 aliphatic heterocycles. The number of oxazole rings is 1. The van der Waals surface area contributed by atoms with Gasteiger partial charge in [-0.25, -0.2) is 4.98 Å². The van der Waals surface area contributed by atoms with E-state index in [9.17, 15) is 0 Å². The van der Waals surface area contributed by atoms with Crippen LogP contribution >= 0.6 is 27.7 Å². The lowest BCUT2D eigenvalue weighted by Crippen LogP contribution is -1.93. The number of nitrogen functional groups attached to an aromatic ring is 1. The van der Waals surface area contributed by atoms with E-state index < -0.39 is 0 Å². The van der Waals surface area contributed by atoms with Crippen LogP contribution in [0.5, 0.6) is 0 Å². The van der Waals surface area contributed by atoms with Crippen LogP contribution in [0.25, 0.3) is 0 Å². The minimum Gasteiger partial charge on any atom is -0.437 e. The standard InChI is InChI=1S/C12H13BrN2OS/c1-7-8(2)16-12(15-7)17-6-9-10(13)4-3-5-11(9)14/h3-5H,6,14H2,1-2H3. The van der Waals surface area contributed by atoms with Crippen LogP contribution in [0, 0.1) is 13.8 Å². The summed E-state index contributed by atoms with van der Waals surface area (Å²) in [6.45, 7) is 3.86. The van der Waals surface area contributed by atoms with Crippen molar-refractivity contribution >= 4 is 33.4 Å². The molecule has 3 nitrogen and oxygen atoms in total. The Morgan fingerprint density at radius 1 is 1.41 bits per heavy atom. The molecular formula is C12H13BrN2OS. The predicted octanol–water partition coefficient (Wildman–Crippen LogP) is 3.93. The van der Waals surface area contributed by atoms with Gasteiger partial charge in [-0.05, 0) is 31.5 Å². The van der Waals surface area contributed by atoms with Gasteiger partial charge in [-0.3, -0.25) is 0 Å². The summed E-state index contributed by atoms with van der Waals surface area (Å²) < 4.78 is 6.53. The zero-order chi connectivity index (χ0) is 12.4. The molecule has 1 heterocycles. The fraction of sp³-hybridized carbons (Fsp3) is 0.250. The van der Waals surface area contributed by atoms with Gasteiger partial charge in [0.05, 0.1) is 5.69 Å². The summed E-state index contributed by atoms with van der Waals surface area (Å²) in [5.74, 6) is 1.61. The summed E-state index contributed by atoms with van der Waals surface area (Å²) in [5.41, 5.74) is 8.72. The molecular weight excluding hydrogens is 300 g/mol. The second kappa shape index (κ2) is 5.14. The van der Waals surface area contributed by atoms with Gasteiger partial charge < -0.3 is 10.2 Å². The van der Waals surface area contributed by atoms with E-state index in [2.05, 4.69) is 20.9 Å². The molecule has 2 rings (SSSR count). The third kappa shape index (κ3) is 2.84. The van der Waals surface area contributed by atoms with E-state index >= 15 is 0 Å². The number of nitrogens with two attached hydrogens (primary N) is 1. The van der Waals surface area contributed by atoms with Crippen LogP contribution in [0.3, 0.4) is 0 Å². The molecule has 0 saturated heterocycles. The number of thioether (sulfide) groups is 1. The smallest absolute Gasteiger partial charge is 0.256 e.